The molecule has 0 amide bonds. The molecule has 0 heterocycles. The Kier molecular flexibility index (Phi) is 5.84. The summed E-state index contributed by atoms with van der Waals surface area (Å²) in [5, 5.41) is 0. The Labute approximate surface area is 134 Å². The van der Waals surface area contributed by atoms with Gasteiger partial charge in [0.2, 0.25) is 10.0 Å². The molecule has 0 spiro atoms. The molecule has 0 atom stereocenters. The Morgan fingerprint density at radius 3 is 2.76 bits per heavy atom. The number of ether oxygens (including phenoxy) is 1. The van der Waals surface area contributed by atoms with E-state index in [1.54, 1.807) is 25.3 Å². The lowest BCUT2D eigenvalue weighted by Gasteiger charge is -2.13. The van der Waals surface area contributed by atoms with Crippen LogP contribution in [0, 0.1) is 0 Å². The van der Waals surface area contributed by atoms with Gasteiger partial charge in [-0.2, -0.15) is 0 Å². The van der Waals surface area contributed by atoms with E-state index in [-0.39, 0.29) is 4.90 Å². The number of nitrogens with one attached hydrogen (secondary N) is 1. The third kappa shape index (κ3) is 4.56. The van der Waals surface area contributed by atoms with Gasteiger partial charge < -0.3 is 4.74 Å². The fraction of sp³-hybridized carbons (Fsp3) is 0.467. The molecule has 0 aliphatic heterocycles. The molecule has 0 saturated heterocycles. The summed E-state index contributed by atoms with van der Waals surface area (Å²) in [6.45, 7) is 0.442. The second-order valence-electron chi connectivity index (χ2n) is 5.05. The minimum Gasteiger partial charge on any atom is -0.496 e. The van der Waals surface area contributed by atoms with Crippen LogP contribution < -0.4 is 9.46 Å². The molecule has 0 saturated carbocycles. The summed E-state index contributed by atoms with van der Waals surface area (Å²) in [4.78, 5) is 0.243. The van der Waals surface area contributed by atoms with Crippen molar-refractivity contribution >= 4 is 26.0 Å². The van der Waals surface area contributed by atoms with E-state index in [2.05, 4.69) is 26.7 Å². The van der Waals surface area contributed by atoms with Crippen molar-refractivity contribution in [1.29, 1.82) is 0 Å². The van der Waals surface area contributed by atoms with E-state index >= 15 is 0 Å². The molecule has 1 N–H and O–H groups in total. The molecule has 1 aromatic carbocycles. The van der Waals surface area contributed by atoms with Gasteiger partial charge in [-0.1, -0.05) is 11.6 Å². The number of hydrogen-bond donors (Lipinski definition) is 1. The highest BCUT2D eigenvalue weighted by atomic mass is 79.9. The van der Waals surface area contributed by atoms with Gasteiger partial charge in [0.05, 0.1) is 16.5 Å². The SMILES string of the molecule is COc1ccc(S(=O)(=O)NCCC2=CCCCC2)cc1Br. The Morgan fingerprint density at radius 1 is 1.33 bits per heavy atom. The topological polar surface area (TPSA) is 55.4 Å². The number of benzene rings is 1. The van der Waals surface area contributed by atoms with Crippen LogP contribution in [-0.2, 0) is 10.0 Å². The van der Waals surface area contributed by atoms with Crippen molar-refractivity contribution in [3.63, 3.8) is 0 Å². The third-order valence-corrected chi connectivity index (χ3v) is 5.64. The summed E-state index contributed by atoms with van der Waals surface area (Å²) in [5.74, 6) is 0.612. The number of rotatable bonds is 6. The van der Waals surface area contributed by atoms with E-state index in [0.29, 0.717) is 16.8 Å². The number of allylic oxidation sites excluding steroid dienone is 1. The van der Waals surface area contributed by atoms with Gasteiger partial charge in [-0.3, -0.25) is 0 Å². The van der Waals surface area contributed by atoms with Crippen molar-refractivity contribution in [2.24, 2.45) is 0 Å². The molecule has 1 aliphatic rings. The van der Waals surface area contributed by atoms with Crippen molar-refractivity contribution in [1.82, 2.24) is 4.72 Å². The fourth-order valence-electron chi connectivity index (χ4n) is 2.38. The maximum atomic E-state index is 12.2. The van der Waals surface area contributed by atoms with Crippen LogP contribution in [0.15, 0.2) is 39.2 Å². The number of methoxy groups -OCH3 is 1. The smallest absolute Gasteiger partial charge is 0.240 e. The molecule has 1 aliphatic carbocycles. The van der Waals surface area contributed by atoms with E-state index < -0.39 is 10.0 Å². The van der Waals surface area contributed by atoms with E-state index in [4.69, 9.17) is 4.74 Å². The molecule has 116 valence electrons. The Morgan fingerprint density at radius 2 is 2.14 bits per heavy atom. The predicted molar refractivity (Wildman–Crippen MR) is 87.1 cm³/mol. The normalized spacial score (nSPS) is 15.6. The van der Waals surface area contributed by atoms with E-state index in [0.717, 1.165) is 19.3 Å². The Hall–Kier alpha value is -0.850. The molecule has 0 unspecified atom stereocenters. The highest BCUT2D eigenvalue weighted by molar-refractivity contribution is 9.10. The predicted octanol–water partition coefficient (Wildman–Crippen LogP) is 3.63. The van der Waals surface area contributed by atoms with Crippen molar-refractivity contribution < 1.29 is 13.2 Å². The van der Waals surface area contributed by atoms with Crippen LogP contribution >= 0.6 is 15.9 Å². The lowest BCUT2D eigenvalue weighted by atomic mass is 9.97. The molecule has 0 radical (unpaired) electrons. The zero-order chi connectivity index (χ0) is 15.3. The molecule has 4 nitrogen and oxygen atoms in total. The summed E-state index contributed by atoms with van der Waals surface area (Å²) in [7, 11) is -1.93. The van der Waals surface area contributed by atoms with E-state index in [1.165, 1.54) is 18.4 Å². The van der Waals surface area contributed by atoms with E-state index in [1.807, 2.05) is 0 Å². The van der Waals surface area contributed by atoms with Gasteiger partial charge in [0.15, 0.2) is 0 Å². The average molecular weight is 374 g/mol. The highest BCUT2D eigenvalue weighted by Gasteiger charge is 2.15. The summed E-state index contributed by atoms with van der Waals surface area (Å²) in [5.41, 5.74) is 1.36. The van der Waals surface area contributed by atoms with Gasteiger partial charge >= 0.3 is 0 Å². The van der Waals surface area contributed by atoms with E-state index in [9.17, 15) is 8.42 Å². The molecule has 1 aromatic rings. The lowest BCUT2D eigenvalue weighted by Crippen LogP contribution is -2.25. The van der Waals surface area contributed by atoms with Gasteiger partial charge in [0, 0.05) is 6.54 Å². The second kappa shape index (κ2) is 7.42. The molecular weight excluding hydrogens is 354 g/mol. The molecule has 21 heavy (non-hydrogen) atoms. The number of halogens is 1. The standard InChI is InChI=1S/C15H20BrNO3S/c1-20-15-8-7-13(11-14(15)16)21(18,19)17-10-9-12-5-3-2-4-6-12/h5,7-8,11,17H,2-4,6,9-10H2,1H3. The molecule has 6 heteroatoms. The average Bonchev–Trinajstić information content (AvgIpc) is 2.48. The summed E-state index contributed by atoms with van der Waals surface area (Å²) < 4.78 is 32.9. The first kappa shape index (κ1) is 16.5. The van der Waals surface area contributed by atoms with Gasteiger partial charge in [-0.05, 0) is 66.2 Å². The minimum absolute atomic E-state index is 0.243. The first-order valence-corrected chi connectivity index (χ1v) is 9.31. The van der Waals surface area contributed by atoms with Crippen molar-refractivity contribution in [2.45, 2.75) is 37.0 Å². The van der Waals surface area contributed by atoms with Crippen molar-refractivity contribution in [2.75, 3.05) is 13.7 Å². The Bertz CT molecular complexity index is 626. The van der Waals surface area contributed by atoms with Crippen molar-refractivity contribution in [3.05, 3.63) is 34.3 Å². The first-order valence-electron chi connectivity index (χ1n) is 7.04. The highest BCUT2D eigenvalue weighted by Crippen LogP contribution is 2.27. The fourth-order valence-corrected chi connectivity index (χ4v) is 4.13. The van der Waals surface area contributed by atoms with Gasteiger partial charge in [-0.15, -0.1) is 0 Å². The van der Waals surface area contributed by atoms with Crippen LogP contribution in [0.5, 0.6) is 5.75 Å². The van der Waals surface area contributed by atoms with Crippen LogP contribution in [0.3, 0.4) is 0 Å². The first-order chi connectivity index (χ1) is 10.0. The number of hydrogen-bond acceptors (Lipinski definition) is 3. The molecular formula is C15H20BrNO3S. The molecule has 2 rings (SSSR count). The van der Waals surface area contributed by atoms with Gasteiger partial charge in [0.25, 0.3) is 0 Å². The molecule has 0 fully saturated rings. The van der Waals surface area contributed by atoms with Crippen LogP contribution in [0.2, 0.25) is 0 Å². The molecule has 0 aromatic heterocycles. The molecule has 0 bridgehead atoms. The maximum absolute atomic E-state index is 12.2. The third-order valence-electron chi connectivity index (χ3n) is 3.56. The summed E-state index contributed by atoms with van der Waals surface area (Å²) in [6.07, 6.45) is 7.70. The van der Waals surface area contributed by atoms with Crippen molar-refractivity contribution in [3.8, 4) is 5.75 Å². The summed E-state index contributed by atoms with van der Waals surface area (Å²) in [6, 6.07) is 4.75. The van der Waals surface area contributed by atoms with Crippen LogP contribution in [-0.4, -0.2) is 22.1 Å². The van der Waals surface area contributed by atoms with Gasteiger partial charge in [0.1, 0.15) is 5.75 Å². The zero-order valence-corrected chi connectivity index (χ0v) is 14.5. The quantitative estimate of drug-likeness (QED) is 0.774. The zero-order valence-electron chi connectivity index (χ0n) is 12.1. The van der Waals surface area contributed by atoms with Crippen LogP contribution in [0.4, 0.5) is 0 Å². The lowest BCUT2D eigenvalue weighted by molar-refractivity contribution is 0.411. The van der Waals surface area contributed by atoms with Crippen LogP contribution in [0.25, 0.3) is 0 Å². The van der Waals surface area contributed by atoms with Crippen LogP contribution in [0.1, 0.15) is 32.1 Å². The Balaban J connectivity index is 1.98. The monoisotopic (exact) mass is 373 g/mol. The maximum Gasteiger partial charge on any atom is 0.240 e. The minimum atomic E-state index is -3.47. The second-order valence-corrected chi connectivity index (χ2v) is 7.67. The summed E-state index contributed by atoms with van der Waals surface area (Å²) >= 11 is 3.30. The van der Waals surface area contributed by atoms with Gasteiger partial charge in [-0.25, -0.2) is 13.1 Å². The number of sulfonamides is 1. The largest absolute Gasteiger partial charge is 0.496 e.